The second-order valence-electron chi connectivity index (χ2n) is 4.36. The van der Waals surface area contributed by atoms with Crippen LogP contribution in [0.4, 0.5) is 11.6 Å². The Morgan fingerprint density at radius 1 is 1.22 bits per heavy atom. The van der Waals surface area contributed by atoms with Gasteiger partial charge in [-0.25, -0.2) is 4.98 Å². The predicted octanol–water partition coefficient (Wildman–Crippen LogP) is 3.02. The number of imidazole rings is 1. The lowest BCUT2D eigenvalue weighted by Crippen LogP contribution is -1.98. The Labute approximate surface area is 105 Å². The molecule has 0 amide bonds. The molecule has 3 rings (SSSR count). The first-order valence-corrected chi connectivity index (χ1v) is 5.84. The summed E-state index contributed by atoms with van der Waals surface area (Å²) in [5.74, 6) is 0.824. The topological polar surface area (TPSA) is 42.7 Å². The number of fused-ring (bicyclic) bond motifs is 1. The summed E-state index contributed by atoms with van der Waals surface area (Å²) in [6.07, 6.45) is 3.81. The lowest BCUT2D eigenvalue weighted by atomic mass is 10.2. The van der Waals surface area contributed by atoms with Crippen LogP contribution in [0.1, 0.15) is 5.69 Å². The maximum absolute atomic E-state index is 4.41. The number of aryl methyl sites for hydroxylation is 2. The molecule has 2 aromatic heterocycles. The van der Waals surface area contributed by atoms with Crippen LogP contribution >= 0.6 is 0 Å². The van der Waals surface area contributed by atoms with Gasteiger partial charge in [-0.3, -0.25) is 4.98 Å². The molecule has 1 aromatic carbocycles. The maximum Gasteiger partial charge on any atom is 0.207 e. The fourth-order valence-corrected chi connectivity index (χ4v) is 2.00. The van der Waals surface area contributed by atoms with Crippen LogP contribution in [0.15, 0.2) is 42.7 Å². The first-order chi connectivity index (χ1) is 8.72. The Morgan fingerprint density at radius 2 is 2.06 bits per heavy atom. The third kappa shape index (κ3) is 1.93. The zero-order valence-corrected chi connectivity index (χ0v) is 10.4. The third-order valence-corrected chi connectivity index (χ3v) is 2.84. The molecule has 90 valence electrons. The van der Waals surface area contributed by atoms with Crippen LogP contribution in [0.25, 0.3) is 10.9 Å². The number of pyridine rings is 1. The number of nitrogens with one attached hydrogen (secondary N) is 1. The Kier molecular flexibility index (Phi) is 2.48. The second kappa shape index (κ2) is 4.14. The molecule has 0 bridgehead atoms. The van der Waals surface area contributed by atoms with E-state index in [4.69, 9.17) is 0 Å². The molecule has 18 heavy (non-hydrogen) atoms. The summed E-state index contributed by atoms with van der Waals surface area (Å²) in [6, 6.07) is 10.1. The molecule has 2 heterocycles. The van der Waals surface area contributed by atoms with E-state index in [1.54, 1.807) is 0 Å². The molecule has 0 radical (unpaired) electrons. The number of hydrogen-bond acceptors (Lipinski definition) is 3. The highest BCUT2D eigenvalue weighted by molar-refractivity contribution is 5.82. The Hall–Kier alpha value is -2.36. The summed E-state index contributed by atoms with van der Waals surface area (Å²) < 4.78 is 1.96. The molecule has 0 saturated carbocycles. The van der Waals surface area contributed by atoms with Gasteiger partial charge in [0.1, 0.15) is 0 Å². The Morgan fingerprint density at radius 3 is 2.83 bits per heavy atom. The normalized spacial score (nSPS) is 10.8. The van der Waals surface area contributed by atoms with E-state index in [9.17, 15) is 0 Å². The second-order valence-corrected chi connectivity index (χ2v) is 4.36. The molecular weight excluding hydrogens is 224 g/mol. The van der Waals surface area contributed by atoms with Gasteiger partial charge in [-0.15, -0.1) is 0 Å². The quantitative estimate of drug-likeness (QED) is 0.746. The molecule has 4 heteroatoms. The number of benzene rings is 1. The molecule has 0 aliphatic carbocycles. The molecule has 0 aliphatic heterocycles. The fraction of sp³-hybridized carbons (Fsp3) is 0.143. The van der Waals surface area contributed by atoms with E-state index in [0.29, 0.717) is 0 Å². The number of aromatic nitrogens is 3. The van der Waals surface area contributed by atoms with Crippen LogP contribution in [0.2, 0.25) is 0 Å². The third-order valence-electron chi connectivity index (χ3n) is 2.84. The van der Waals surface area contributed by atoms with Crippen molar-refractivity contribution in [1.82, 2.24) is 14.5 Å². The lowest BCUT2D eigenvalue weighted by Gasteiger charge is -2.06. The van der Waals surface area contributed by atoms with E-state index in [2.05, 4.69) is 27.4 Å². The molecule has 0 saturated heterocycles. The molecule has 3 aromatic rings. The summed E-state index contributed by atoms with van der Waals surface area (Å²) in [5.41, 5.74) is 2.94. The van der Waals surface area contributed by atoms with Crippen molar-refractivity contribution in [3.8, 4) is 0 Å². The SMILES string of the molecule is Cc1cn(C)c(Nc2cnc3ccccc3c2)n1. The summed E-state index contributed by atoms with van der Waals surface area (Å²) in [4.78, 5) is 8.82. The molecule has 0 atom stereocenters. The largest absolute Gasteiger partial charge is 0.324 e. The van der Waals surface area contributed by atoms with Crippen molar-refractivity contribution in [2.24, 2.45) is 7.05 Å². The minimum absolute atomic E-state index is 0.824. The van der Waals surface area contributed by atoms with E-state index in [-0.39, 0.29) is 0 Å². The average Bonchev–Trinajstić information content (AvgIpc) is 2.68. The molecule has 0 fully saturated rings. The highest BCUT2D eigenvalue weighted by Crippen LogP contribution is 2.19. The number of nitrogens with zero attached hydrogens (tertiary/aromatic N) is 3. The lowest BCUT2D eigenvalue weighted by molar-refractivity contribution is 0.923. The first kappa shape index (κ1) is 10.8. The van der Waals surface area contributed by atoms with Crippen LogP contribution in [0.5, 0.6) is 0 Å². The van der Waals surface area contributed by atoms with Crippen molar-refractivity contribution in [1.29, 1.82) is 0 Å². The van der Waals surface area contributed by atoms with Gasteiger partial charge in [0.2, 0.25) is 5.95 Å². The highest BCUT2D eigenvalue weighted by Gasteiger charge is 2.03. The number of hydrogen-bond donors (Lipinski definition) is 1. The number of para-hydroxylation sites is 1. The molecule has 1 N–H and O–H groups in total. The minimum Gasteiger partial charge on any atom is -0.324 e. The van der Waals surface area contributed by atoms with Gasteiger partial charge in [0.15, 0.2) is 0 Å². The van der Waals surface area contributed by atoms with Crippen LogP contribution < -0.4 is 5.32 Å². The fourth-order valence-electron chi connectivity index (χ4n) is 2.00. The van der Waals surface area contributed by atoms with Gasteiger partial charge in [-0.1, -0.05) is 18.2 Å². The molecule has 4 nitrogen and oxygen atoms in total. The van der Waals surface area contributed by atoms with E-state index in [1.807, 2.05) is 49.1 Å². The minimum atomic E-state index is 0.824. The van der Waals surface area contributed by atoms with Gasteiger partial charge >= 0.3 is 0 Å². The Balaban J connectivity index is 1.97. The summed E-state index contributed by atoms with van der Waals surface area (Å²) in [6.45, 7) is 1.98. The standard InChI is InChI=1S/C14H14N4/c1-10-9-18(2)14(16-10)17-12-7-11-5-3-4-6-13(11)15-8-12/h3-9H,1-2H3,(H,16,17). The van der Waals surface area contributed by atoms with Crippen LogP contribution in [0, 0.1) is 6.92 Å². The van der Waals surface area contributed by atoms with Crippen LogP contribution in [0.3, 0.4) is 0 Å². The summed E-state index contributed by atoms with van der Waals surface area (Å²) in [5, 5.41) is 4.39. The molecule has 0 spiro atoms. The van der Waals surface area contributed by atoms with Crippen molar-refractivity contribution in [2.75, 3.05) is 5.32 Å². The molecule has 0 unspecified atom stereocenters. The predicted molar refractivity (Wildman–Crippen MR) is 73.0 cm³/mol. The highest BCUT2D eigenvalue weighted by atomic mass is 15.2. The van der Waals surface area contributed by atoms with Crippen molar-refractivity contribution in [2.45, 2.75) is 6.92 Å². The first-order valence-electron chi connectivity index (χ1n) is 5.84. The van der Waals surface area contributed by atoms with Gasteiger partial charge in [0.25, 0.3) is 0 Å². The van der Waals surface area contributed by atoms with Gasteiger partial charge in [0.05, 0.1) is 23.1 Å². The van der Waals surface area contributed by atoms with E-state index in [1.165, 1.54) is 0 Å². The van der Waals surface area contributed by atoms with E-state index >= 15 is 0 Å². The zero-order valence-electron chi connectivity index (χ0n) is 10.4. The van der Waals surface area contributed by atoms with Crippen molar-refractivity contribution in [3.05, 3.63) is 48.4 Å². The average molecular weight is 238 g/mol. The molecular formula is C14H14N4. The van der Waals surface area contributed by atoms with Gasteiger partial charge in [-0.2, -0.15) is 0 Å². The zero-order chi connectivity index (χ0) is 12.5. The Bertz CT molecular complexity index is 700. The van der Waals surface area contributed by atoms with Gasteiger partial charge in [-0.05, 0) is 19.1 Å². The van der Waals surface area contributed by atoms with Crippen molar-refractivity contribution < 1.29 is 0 Å². The smallest absolute Gasteiger partial charge is 0.207 e. The van der Waals surface area contributed by atoms with Crippen LogP contribution in [-0.4, -0.2) is 14.5 Å². The summed E-state index contributed by atoms with van der Waals surface area (Å²) in [7, 11) is 1.97. The van der Waals surface area contributed by atoms with Gasteiger partial charge in [0, 0.05) is 18.6 Å². The maximum atomic E-state index is 4.41. The summed E-state index contributed by atoms with van der Waals surface area (Å²) >= 11 is 0. The van der Waals surface area contributed by atoms with Crippen LogP contribution in [-0.2, 0) is 7.05 Å². The van der Waals surface area contributed by atoms with Crippen molar-refractivity contribution >= 4 is 22.5 Å². The number of rotatable bonds is 2. The number of anilines is 2. The van der Waals surface area contributed by atoms with Crippen molar-refractivity contribution in [3.63, 3.8) is 0 Å². The van der Waals surface area contributed by atoms with E-state index in [0.717, 1.165) is 28.2 Å². The van der Waals surface area contributed by atoms with Gasteiger partial charge < -0.3 is 9.88 Å². The van der Waals surface area contributed by atoms with E-state index < -0.39 is 0 Å². The molecule has 0 aliphatic rings. The monoisotopic (exact) mass is 238 g/mol.